The molecule has 0 aliphatic carbocycles. The number of aromatic nitrogens is 2. The Morgan fingerprint density at radius 1 is 1.42 bits per heavy atom. The number of ether oxygens (including phenoxy) is 1. The lowest BCUT2D eigenvalue weighted by Gasteiger charge is -2.29. The summed E-state index contributed by atoms with van der Waals surface area (Å²) in [5.41, 5.74) is 1.80. The predicted octanol–water partition coefficient (Wildman–Crippen LogP) is 1.25. The summed E-state index contributed by atoms with van der Waals surface area (Å²) in [5, 5.41) is 7.40. The summed E-state index contributed by atoms with van der Waals surface area (Å²) in [7, 11) is 3.42. The molecule has 1 unspecified atom stereocenters. The number of amides is 2. The Kier molecular flexibility index (Phi) is 5.85. The number of hydrogen-bond acceptors (Lipinski definition) is 4. The lowest BCUT2D eigenvalue weighted by molar-refractivity contribution is -0.139. The van der Waals surface area contributed by atoms with Crippen LogP contribution in [0.2, 0.25) is 0 Å². The molecule has 7 nitrogen and oxygen atoms in total. The van der Waals surface area contributed by atoms with Gasteiger partial charge in [0.15, 0.2) is 0 Å². The van der Waals surface area contributed by atoms with Crippen LogP contribution in [0, 0.1) is 5.92 Å². The summed E-state index contributed by atoms with van der Waals surface area (Å²) >= 11 is 0. The Labute approximate surface area is 143 Å². The van der Waals surface area contributed by atoms with E-state index in [1.54, 1.807) is 16.7 Å². The van der Waals surface area contributed by atoms with E-state index >= 15 is 0 Å². The normalized spacial score (nSPS) is 15.9. The number of hydrogen-bond donors (Lipinski definition) is 1. The van der Waals surface area contributed by atoms with E-state index < -0.39 is 6.04 Å². The molecule has 1 saturated heterocycles. The summed E-state index contributed by atoms with van der Waals surface area (Å²) in [4.78, 5) is 26.4. The first kappa shape index (κ1) is 18.3. The quantitative estimate of drug-likeness (QED) is 0.813. The number of nitrogens with zero attached hydrogens (tertiary/aromatic N) is 3. The molecule has 0 radical (unpaired) electrons. The second-order valence-electron chi connectivity index (χ2n) is 6.51. The van der Waals surface area contributed by atoms with Crippen molar-refractivity contribution in [2.45, 2.75) is 52.6 Å². The zero-order valence-corrected chi connectivity index (χ0v) is 15.3. The molecule has 1 aromatic rings. The van der Waals surface area contributed by atoms with Crippen molar-refractivity contribution in [3.8, 4) is 5.88 Å². The van der Waals surface area contributed by atoms with Gasteiger partial charge in [-0.05, 0) is 18.8 Å². The fourth-order valence-corrected chi connectivity index (χ4v) is 3.37. The molecule has 2 rings (SSSR count). The van der Waals surface area contributed by atoms with Crippen LogP contribution < -0.4 is 10.1 Å². The molecule has 0 bridgehead atoms. The van der Waals surface area contributed by atoms with Crippen molar-refractivity contribution in [1.82, 2.24) is 20.0 Å². The Hall–Kier alpha value is -2.05. The molecule has 1 atom stereocenters. The number of likely N-dealkylation sites (tertiary alicyclic amines) is 1. The predicted molar refractivity (Wildman–Crippen MR) is 90.6 cm³/mol. The van der Waals surface area contributed by atoms with E-state index in [4.69, 9.17) is 4.74 Å². The van der Waals surface area contributed by atoms with Gasteiger partial charge in [0, 0.05) is 20.0 Å². The zero-order chi connectivity index (χ0) is 17.9. The second kappa shape index (κ2) is 7.68. The summed E-state index contributed by atoms with van der Waals surface area (Å²) in [6.45, 7) is 6.97. The van der Waals surface area contributed by atoms with Gasteiger partial charge in [-0.1, -0.05) is 20.8 Å². The third-order valence-corrected chi connectivity index (χ3v) is 4.48. The maximum atomic E-state index is 12.7. The molecule has 2 amide bonds. The van der Waals surface area contributed by atoms with E-state index in [2.05, 4.69) is 10.4 Å². The van der Waals surface area contributed by atoms with Crippen LogP contribution in [-0.4, -0.2) is 46.2 Å². The standard InChI is InChI=1S/C17H28N4O3/c1-6-13-12(17(24-5)20(4)19-13)10-18-16(23)15(11(2)3)21-9-7-8-14(21)22/h11,15H,6-10H2,1-5H3,(H,18,23). The van der Waals surface area contributed by atoms with Crippen LogP contribution in [0.3, 0.4) is 0 Å². The van der Waals surface area contributed by atoms with Crippen molar-refractivity contribution >= 4 is 11.8 Å². The van der Waals surface area contributed by atoms with Gasteiger partial charge < -0.3 is 15.0 Å². The first-order chi connectivity index (χ1) is 11.4. The van der Waals surface area contributed by atoms with Crippen LogP contribution >= 0.6 is 0 Å². The van der Waals surface area contributed by atoms with E-state index in [9.17, 15) is 9.59 Å². The van der Waals surface area contributed by atoms with Gasteiger partial charge in [0.05, 0.1) is 24.9 Å². The van der Waals surface area contributed by atoms with E-state index in [0.29, 0.717) is 25.4 Å². The van der Waals surface area contributed by atoms with Crippen LogP contribution in [0.5, 0.6) is 5.88 Å². The SMILES string of the molecule is CCc1nn(C)c(OC)c1CNC(=O)C(C(C)C)N1CCCC1=O. The number of nitrogens with one attached hydrogen (secondary N) is 1. The lowest BCUT2D eigenvalue weighted by Crippen LogP contribution is -2.50. The summed E-state index contributed by atoms with van der Waals surface area (Å²) in [5.74, 6) is 0.671. The Balaban J connectivity index is 2.12. The van der Waals surface area contributed by atoms with Crippen molar-refractivity contribution in [3.63, 3.8) is 0 Å². The third kappa shape index (κ3) is 3.55. The topological polar surface area (TPSA) is 76.5 Å². The maximum absolute atomic E-state index is 12.7. The smallest absolute Gasteiger partial charge is 0.243 e. The summed E-state index contributed by atoms with van der Waals surface area (Å²) in [6.07, 6.45) is 2.12. The maximum Gasteiger partial charge on any atom is 0.243 e. The van der Waals surface area contributed by atoms with E-state index in [0.717, 1.165) is 24.1 Å². The molecule has 1 aromatic heterocycles. The molecule has 7 heteroatoms. The molecule has 134 valence electrons. The summed E-state index contributed by atoms with van der Waals surface area (Å²) < 4.78 is 7.09. The minimum Gasteiger partial charge on any atom is -0.481 e. The molecule has 24 heavy (non-hydrogen) atoms. The van der Waals surface area contributed by atoms with Crippen molar-refractivity contribution in [2.24, 2.45) is 13.0 Å². The van der Waals surface area contributed by atoms with Gasteiger partial charge in [-0.3, -0.25) is 9.59 Å². The van der Waals surface area contributed by atoms with Crippen molar-refractivity contribution in [3.05, 3.63) is 11.3 Å². The fourth-order valence-electron chi connectivity index (χ4n) is 3.37. The van der Waals surface area contributed by atoms with Crippen LogP contribution in [-0.2, 0) is 29.6 Å². The van der Waals surface area contributed by atoms with Crippen molar-refractivity contribution in [1.29, 1.82) is 0 Å². The third-order valence-electron chi connectivity index (χ3n) is 4.48. The number of methoxy groups -OCH3 is 1. The van der Waals surface area contributed by atoms with E-state index in [1.807, 2.05) is 27.8 Å². The van der Waals surface area contributed by atoms with Gasteiger partial charge in [0.1, 0.15) is 6.04 Å². The Morgan fingerprint density at radius 3 is 2.62 bits per heavy atom. The minimum atomic E-state index is -0.423. The van der Waals surface area contributed by atoms with Gasteiger partial charge in [-0.25, -0.2) is 4.68 Å². The van der Waals surface area contributed by atoms with E-state index in [-0.39, 0.29) is 17.7 Å². The largest absolute Gasteiger partial charge is 0.481 e. The summed E-state index contributed by atoms with van der Waals surface area (Å²) in [6, 6.07) is -0.423. The first-order valence-electron chi connectivity index (χ1n) is 8.56. The molecule has 1 N–H and O–H groups in total. The average Bonchev–Trinajstić information content (AvgIpc) is 3.08. The number of carbonyl (C=O) groups is 2. The Bertz CT molecular complexity index is 609. The minimum absolute atomic E-state index is 0.0634. The molecular weight excluding hydrogens is 308 g/mol. The zero-order valence-electron chi connectivity index (χ0n) is 15.3. The highest BCUT2D eigenvalue weighted by Crippen LogP contribution is 2.23. The molecule has 2 heterocycles. The highest BCUT2D eigenvalue weighted by atomic mass is 16.5. The lowest BCUT2D eigenvalue weighted by atomic mass is 10.0. The van der Waals surface area contributed by atoms with Gasteiger partial charge in [-0.15, -0.1) is 0 Å². The monoisotopic (exact) mass is 336 g/mol. The molecule has 0 spiro atoms. The molecule has 1 fully saturated rings. The highest BCUT2D eigenvalue weighted by molar-refractivity contribution is 5.88. The molecule has 1 aliphatic heterocycles. The average molecular weight is 336 g/mol. The number of rotatable bonds is 7. The fraction of sp³-hybridized carbons (Fsp3) is 0.706. The second-order valence-corrected chi connectivity index (χ2v) is 6.51. The molecular formula is C17H28N4O3. The van der Waals surface area contributed by atoms with Gasteiger partial charge in [-0.2, -0.15) is 5.10 Å². The van der Waals surface area contributed by atoms with E-state index in [1.165, 1.54) is 0 Å². The van der Waals surface area contributed by atoms with Crippen molar-refractivity contribution < 1.29 is 14.3 Å². The van der Waals surface area contributed by atoms with Gasteiger partial charge >= 0.3 is 0 Å². The van der Waals surface area contributed by atoms with Crippen molar-refractivity contribution in [2.75, 3.05) is 13.7 Å². The first-order valence-corrected chi connectivity index (χ1v) is 8.56. The molecule has 1 aliphatic rings. The van der Waals surface area contributed by atoms with Gasteiger partial charge in [0.25, 0.3) is 0 Å². The van der Waals surface area contributed by atoms with Gasteiger partial charge in [0.2, 0.25) is 17.7 Å². The number of aryl methyl sites for hydroxylation is 2. The highest BCUT2D eigenvalue weighted by Gasteiger charge is 2.35. The Morgan fingerprint density at radius 2 is 2.12 bits per heavy atom. The molecule has 0 aromatic carbocycles. The number of carbonyl (C=O) groups excluding carboxylic acids is 2. The molecule has 0 saturated carbocycles. The van der Waals surface area contributed by atoms with Crippen LogP contribution in [0.15, 0.2) is 0 Å². The van der Waals surface area contributed by atoms with Crippen LogP contribution in [0.4, 0.5) is 0 Å². The van der Waals surface area contributed by atoms with Crippen LogP contribution in [0.1, 0.15) is 44.9 Å². The van der Waals surface area contributed by atoms with Crippen LogP contribution in [0.25, 0.3) is 0 Å².